The van der Waals surface area contributed by atoms with Gasteiger partial charge in [0, 0.05) is 37.4 Å². The fourth-order valence-corrected chi connectivity index (χ4v) is 5.06. The zero-order valence-corrected chi connectivity index (χ0v) is 19.2. The van der Waals surface area contributed by atoms with Gasteiger partial charge in [0.1, 0.15) is 11.5 Å². The molecule has 4 aromatic rings. The predicted molar refractivity (Wildman–Crippen MR) is 130 cm³/mol. The number of imidazole rings is 1. The van der Waals surface area contributed by atoms with Crippen LogP contribution in [-0.4, -0.2) is 50.6 Å². The van der Waals surface area contributed by atoms with Gasteiger partial charge in [0.25, 0.3) is 0 Å². The number of aromatic nitrogens is 5. The minimum absolute atomic E-state index is 0.752. The molecule has 2 aliphatic heterocycles. The predicted octanol–water partition coefficient (Wildman–Crippen LogP) is 4.54. The molecular weight excluding hydrogens is 412 g/mol. The molecule has 170 valence electrons. The van der Waals surface area contributed by atoms with E-state index in [2.05, 4.69) is 62.5 Å². The molecule has 1 fully saturated rings. The van der Waals surface area contributed by atoms with Crippen molar-refractivity contribution in [1.29, 1.82) is 0 Å². The van der Waals surface area contributed by atoms with Gasteiger partial charge in [-0.25, -0.2) is 9.97 Å². The molecule has 0 spiro atoms. The molecule has 0 amide bonds. The highest BCUT2D eigenvalue weighted by Crippen LogP contribution is 2.38. The van der Waals surface area contributed by atoms with E-state index in [1.54, 1.807) is 0 Å². The number of nitrogens with zero attached hydrogens (tertiary/aromatic N) is 6. The van der Waals surface area contributed by atoms with Gasteiger partial charge in [-0.05, 0) is 49.1 Å². The van der Waals surface area contributed by atoms with E-state index in [9.17, 15) is 0 Å². The summed E-state index contributed by atoms with van der Waals surface area (Å²) in [6.07, 6.45) is 6.50. The van der Waals surface area contributed by atoms with Crippen molar-refractivity contribution in [3.63, 3.8) is 0 Å². The van der Waals surface area contributed by atoms with Gasteiger partial charge in [0.2, 0.25) is 0 Å². The second-order valence-corrected chi connectivity index (χ2v) is 8.97. The van der Waals surface area contributed by atoms with E-state index in [1.807, 2.05) is 6.33 Å². The maximum Gasteiger partial charge on any atom is 0.129 e. The van der Waals surface area contributed by atoms with Crippen LogP contribution in [0.3, 0.4) is 0 Å². The third-order valence-corrected chi connectivity index (χ3v) is 6.82. The summed E-state index contributed by atoms with van der Waals surface area (Å²) in [5.74, 6) is 1.00. The van der Waals surface area contributed by atoms with Gasteiger partial charge in [-0.15, -0.1) is 0 Å². The Bertz CT molecular complexity index is 1280. The molecule has 3 aromatic heterocycles. The summed E-state index contributed by atoms with van der Waals surface area (Å²) in [6.45, 7) is 7.46. The van der Waals surface area contributed by atoms with Crippen LogP contribution in [0, 0.1) is 0 Å². The Balaban J connectivity index is 1.45. The summed E-state index contributed by atoms with van der Waals surface area (Å²) in [5.41, 5.74) is 7.92. The third kappa shape index (κ3) is 3.70. The fraction of sp³-hybridized carbons (Fsp3) is 0.423. The van der Waals surface area contributed by atoms with Crippen LogP contribution in [0.5, 0.6) is 0 Å². The average Bonchev–Trinajstić information content (AvgIpc) is 3.57. The van der Waals surface area contributed by atoms with Gasteiger partial charge < -0.3 is 14.2 Å². The fourth-order valence-electron chi connectivity index (χ4n) is 5.06. The first kappa shape index (κ1) is 20.4. The summed E-state index contributed by atoms with van der Waals surface area (Å²) in [5, 5.41) is 5.05. The van der Waals surface area contributed by atoms with Gasteiger partial charge in [-0.3, -0.25) is 4.68 Å². The van der Waals surface area contributed by atoms with E-state index >= 15 is 0 Å². The lowest BCUT2D eigenvalue weighted by Gasteiger charge is -2.28. The van der Waals surface area contributed by atoms with Crippen molar-refractivity contribution < 1.29 is 4.74 Å². The van der Waals surface area contributed by atoms with Gasteiger partial charge >= 0.3 is 0 Å². The highest BCUT2D eigenvalue weighted by molar-refractivity contribution is 5.88. The molecule has 6 rings (SSSR count). The lowest BCUT2D eigenvalue weighted by Crippen LogP contribution is -2.36. The van der Waals surface area contributed by atoms with Crippen LogP contribution < -0.4 is 4.90 Å². The van der Waals surface area contributed by atoms with Crippen molar-refractivity contribution in [1.82, 2.24) is 24.3 Å². The smallest absolute Gasteiger partial charge is 0.129 e. The van der Waals surface area contributed by atoms with Crippen molar-refractivity contribution in [2.75, 3.05) is 31.2 Å². The highest BCUT2D eigenvalue weighted by Gasteiger charge is 2.25. The molecule has 7 nitrogen and oxygen atoms in total. The summed E-state index contributed by atoms with van der Waals surface area (Å²) >= 11 is 0. The number of aryl methyl sites for hydroxylation is 2. The number of hydrogen-bond donors (Lipinski definition) is 0. The molecule has 0 N–H and O–H groups in total. The molecule has 2 aliphatic rings. The molecule has 0 atom stereocenters. The monoisotopic (exact) mass is 442 g/mol. The first-order valence-electron chi connectivity index (χ1n) is 12.2. The molecule has 0 aliphatic carbocycles. The average molecular weight is 443 g/mol. The summed E-state index contributed by atoms with van der Waals surface area (Å²) in [4.78, 5) is 12.0. The van der Waals surface area contributed by atoms with Crippen molar-refractivity contribution >= 4 is 16.9 Å². The topological polar surface area (TPSA) is 61.0 Å². The van der Waals surface area contributed by atoms with Crippen LogP contribution in [0.4, 0.5) is 5.82 Å². The van der Waals surface area contributed by atoms with Crippen molar-refractivity contribution in [3.8, 4) is 22.5 Å². The number of hydrogen-bond acceptors (Lipinski definition) is 5. The van der Waals surface area contributed by atoms with E-state index in [-0.39, 0.29) is 0 Å². The normalized spacial score (nSPS) is 16.0. The van der Waals surface area contributed by atoms with Crippen LogP contribution in [0.25, 0.3) is 33.5 Å². The number of ether oxygens (including phenoxy) is 1. The number of unbranched alkanes of at least 4 members (excludes halogenated alkanes) is 1. The van der Waals surface area contributed by atoms with Gasteiger partial charge in [-0.1, -0.05) is 25.5 Å². The van der Waals surface area contributed by atoms with Crippen molar-refractivity contribution in [2.24, 2.45) is 0 Å². The SMILES string of the molecule is CCCCn1cnc2ccc(-c3c(-c4cccc(N5CCOCC5)n4)nn4c3CCC4)cc21. The maximum atomic E-state index is 5.52. The van der Waals surface area contributed by atoms with Crippen LogP contribution in [0.2, 0.25) is 0 Å². The Hall–Kier alpha value is -3.19. The molecule has 1 saturated heterocycles. The Morgan fingerprint density at radius 1 is 1.06 bits per heavy atom. The molecule has 7 heteroatoms. The Morgan fingerprint density at radius 3 is 2.85 bits per heavy atom. The van der Waals surface area contributed by atoms with Gasteiger partial charge in [-0.2, -0.15) is 5.10 Å². The Labute approximate surface area is 194 Å². The van der Waals surface area contributed by atoms with Crippen LogP contribution >= 0.6 is 0 Å². The molecule has 33 heavy (non-hydrogen) atoms. The Morgan fingerprint density at radius 2 is 1.97 bits per heavy atom. The second-order valence-electron chi connectivity index (χ2n) is 8.97. The zero-order valence-electron chi connectivity index (χ0n) is 19.2. The van der Waals surface area contributed by atoms with E-state index in [0.717, 1.165) is 81.4 Å². The number of benzene rings is 1. The molecule has 0 saturated carbocycles. The Kier molecular flexibility index (Phi) is 5.34. The first-order valence-corrected chi connectivity index (χ1v) is 12.2. The summed E-state index contributed by atoms with van der Waals surface area (Å²) in [7, 11) is 0. The molecule has 5 heterocycles. The number of rotatable bonds is 6. The maximum absolute atomic E-state index is 5.52. The quantitative estimate of drug-likeness (QED) is 0.439. The lowest BCUT2D eigenvalue weighted by atomic mass is 9.99. The van der Waals surface area contributed by atoms with Gasteiger partial charge in [0.15, 0.2) is 0 Å². The van der Waals surface area contributed by atoms with E-state index in [0.29, 0.717) is 0 Å². The van der Waals surface area contributed by atoms with Crippen LogP contribution in [0.1, 0.15) is 31.9 Å². The number of pyridine rings is 1. The van der Waals surface area contributed by atoms with E-state index in [1.165, 1.54) is 28.8 Å². The summed E-state index contributed by atoms with van der Waals surface area (Å²) < 4.78 is 9.99. The largest absolute Gasteiger partial charge is 0.378 e. The standard InChI is InChI=1S/C26H30N6O/c1-2-3-11-31-18-27-20-10-9-19(17-23(20)31)25-22-7-5-12-32(22)29-26(25)21-6-4-8-24(28-21)30-13-15-33-16-14-30/h4,6,8-10,17-18H,2-3,5,7,11-16H2,1H3. The molecule has 0 radical (unpaired) electrons. The number of anilines is 1. The van der Waals surface area contributed by atoms with Crippen molar-refractivity contribution in [2.45, 2.75) is 45.7 Å². The third-order valence-electron chi connectivity index (χ3n) is 6.82. The zero-order chi connectivity index (χ0) is 22.2. The minimum Gasteiger partial charge on any atom is -0.378 e. The first-order chi connectivity index (χ1) is 16.3. The summed E-state index contributed by atoms with van der Waals surface area (Å²) in [6, 6.07) is 12.9. The minimum atomic E-state index is 0.752. The number of fused-ring (bicyclic) bond motifs is 2. The van der Waals surface area contributed by atoms with Crippen molar-refractivity contribution in [3.05, 3.63) is 48.4 Å². The molecular formula is C26H30N6O. The molecule has 0 bridgehead atoms. The van der Waals surface area contributed by atoms with Gasteiger partial charge in [0.05, 0.1) is 36.3 Å². The number of morpholine rings is 1. The van der Waals surface area contributed by atoms with Crippen LogP contribution in [-0.2, 0) is 24.2 Å². The van der Waals surface area contributed by atoms with E-state index in [4.69, 9.17) is 14.8 Å². The van der Waals surface area contributed by atoms with E-state index < -0.39 is 0 Å². The highest BCUT2D eigenvalue weighted by atomic mass is 16.5. The second kappa shape index (κ2) is 8.63. The van der Waals surface area contributed by atoms with Crippen LogP contribution in [0.15, 0.2) is 42.7 Å². The lowest BCUT2D eigenvalue weighted by molar-refractivity contribution is 0.122. The molecule has 0 unspecified atom stereocenters. The molecule has 1 aromatic carbocycles.